The summed E-state index contributed by atoms with van der Waals surface area (Å²) in [5, 5.41) is 1.24. The van der Waals surface area contributed by atoms with Crippen LogP contribution in [0.25, 0.3) is 10.9 Å². The highest BCUT2D eigenvalue weighted by Gasteiger charge is 2.45. The second-order valence-corrected chi connectivity index (χ2v) is 7.65. The third-order valence-corrected chi connectivity index (χ3v) is 5.99. The highest BCUT2D eigenvalue weighted by atomic mass is 16.5. The summed E-state index contributed by atoms with van der Waals surface area (Å²) in [6.45, 7) is 4.40. The van der Waals surface area contributed by atoms with E-state index in [0.29, 0.717) is 6.04 Å². The summed E-state index contributed by atoms with van der Waals surface area (Å²) in [5.74, 6) is 0.146. The van der Waals surface area contributed by atoms with Crippen LogP contribution in [-0.2, 0) is 20.8 Å². The number of nitrogens with zero attached hydrogens (tertiary/aromatic N) is 2. The van der Waals surface area contributed by atoms with E-state index in [-0.39, 0.29) is 24.7 Å². The minimum atomic E-state index is 0.129. The van der Waals surface area contributed by atoms with Gasteiger partial charge in [-0.05, 0) is 35.9 Å². The van der Waals surface area contributed by atoms with Gasteiger partial charge < -0.3 is 19.4 Å². The van der Waals surface area contributed by atoms with Gasteiger partial charge in [0.05, 0.1) is 12.1 Å². The lowest BCUT2D eigenvalue weighted by molar-refractivity contribution is -0.159. The van der Waals surface area contributed by atoms with Gasteiger partial charge in [-0.15, -0.1) is 0 Å². The molecule has 3 fully saturated rings. The molecular weight excluding hydrogens is 330 g/mol. The van der Waals surface area contributed by atoms with Crippen molar-refractivity contribution in [3.05, 3.63) is 36.0 Å². The molecule has 0 unspecified atom stereocenters. The molecule has 1 N–H and O–H groups in total. The number of aromatic amines is 1. The number of fused-ring (bicyclic) bond motifs is 2. The van der Waals surface area contributed by atoms with Gasteiger partial charge in [0.1, 0.15) is 6.61 Å². The molecule has 3 aliphatic rings. The fourth-order valence-corrected chi connectivity index (χ4v) is 4.72. The molecule has 0 radical (unpaired) electrons. The summed E-state index contributed by atoms with van der Waals surface area (Å²) >= 11 is 0. The molecule has 5 rings (SSSR count). The van der Waals surface area contributed by atoms with Gasteiger partial charge in [-0.2, -0.15) is 0 Å². The summed E-state index contributed by atoms with van der Waals surface area (Å²) in [4.78, 5) is 20.4. The topological polar surface area (TPSA) is 57.8 Å². The SMILES string of the molecule is O=C1CO[C@H]2CN(Cc3ccc4cc[nH]c4c3)C[C@@H]2N1C1CCOCC1. The van der Waals surface area contributed by atoms with Crippen molar-refractivity contribution in [3.63, 3.8) is 0 Å². The molecule has 0 aliphatic carbocycles. The number of nitrogens with one attached hydrogen (secondary N) is 1. The maximum Gasteiger partial charge on any atom is 0.249 e. The first kappa shape index (κ1) is 16.3. The molecular formula is C20H25N3O3. The van der Waals surface area contributed by atoms with E-state index in [1.807, 2.05) is 6.20 Å². The van der Waals surface area contributed by atoms with E-state index >= 15 is 0 Å². The average molecular weight is 355 g/mol. The summed E-state index contributed by atoms with van der Waals surface area (Å²) in [6.07, 6.45) is 3.99. The highest BCUT2D eigenvalue weighted by Crippen LogP contribution is 2.29. The minimum absolute atomic E-state index is 0.129. The van der Waals surface area contributed by atoms with Crippen LogP contribution in [0.1, 0.15) is 18.4 Å². The number of morpholine rings is 1. The van der Waals surface area contributed by atoms with Gasteiger partial charge in [0.25, 0.3) is 0 Å². The third kappa shape index (κ3) is 2.92. The number of aromatic nitrogens is 1. The zero-order valence-corrected chi connectivity index (χ0v) is 14.9. The molecule has 1 amide bonds. The van der Waals surface area contributed by atoms with Crippen LogP contribution >= 0.6 is 0 Å². The van der Waals surface area contributed by atoms with Crippen LogP contribution in [0, 0.1) is 0 Å². The molecule has 4 heterocycles. The van der Waals surface area contributed by atoms with E-state index in [4.69, 9.17) is 9.47 Å². The first-order valence-electron chi connectivity index (χ1n) is 9.57. The standard InChI is InChI=1S/C20H25N3O3/c24-20-13-26-19-12-22(10-14-1-2-15-3-6-21-17(15)9-14)11-18(19)23(20)16-4-7-25-8-5-16/h1-3,6,9,16,18-19,21H,4-5,7-8,10-13H2/t18-,19-/m0/s1. The van der Waals surface area contributed by atoms with Crippen molar-refractivity contribution >= 4 is 16.8 Å². The third-order valence-electron chi connectivity index (χ3n) is 5.99. The molecule has 0 saturated carbocycles. The van der Waals surface area contributed by atoms with Gasteiger partial charge in [0, 0.05) is 50.6 Å². The molecule has 6 nitrogen and oxygen atoms in total. The second kappa shape index (κ2) is 6.68. The van der Waals surface area contributed by atoms with Crippen molar-refractivity contribution < 1.29 is 14.3 Å². The fourth-order valence-electron chi connectivity index (χ4n) is 4.72. The fraction of sp³-hybridized carbons (Fsp3) is 0.550. The monoisotopic (exact) mass is 355 g/mol. The average Bonchev–Trinajstić information content (AvgIpc) is 3.28. The van der Waals surface area contributed by atoms with E-state index in [2.05, 4.69) is 39.0 Å². The van der Waals surface area contributed by atoms with Crippen LogP contribution in [0.5, 0.6) is 0 Å². The van der Waals surface area contributed by atoms with Gasteiger partial charge in [0.15, 0.2) is 0 Å². The number of rotatable bonds is 3. The molecule has 138 valence electrons. The molecule has 6 heteroatoms. The number of hydrogen-bond acceptors (Lipinski definition) is 4. The number of benzene rings is 1. The van der Waals surface area contributed by atoms with E-state index in [0.717, 1.165) is 45.7 Å². The molecule has 3 aliphatic heterocycles. The lowest BCUT2D eigenvalue weighted by Gasteiger charge is -2.43. The number of carbonyl (C=O) groups is 1. The quantitative estimate of drug-likeness (QED) is 0.912. The smallest absolute Gasteiger partial charge is 0.249 e. The molecule has 2 atom stereocenters. The molecule has 3 saturated heterocycles. The van der Waals surface area contributed by atoms with Gasteiger partial charge in [-0.3, -0.25) is 9.69 Å². The van der Waals surface area contributed by atoms with E-state index in [1.165, 1.54) is 16.5 Å². The lowest BCUT2D eigenvalue weighted by Crippen LogP contribution is -2.58. The number of likely N-dealkylation sites (tertiary alicyclic amines) is 1. The minimum Gasteiger partial charge on any atom is -0.381 e. The van der Waals surface area contributed by atoms with Crippen LogP contribution in [0.4, 0.5) is 0 Å². The van der Waals surface area contributed by atoms with Gasteiger partial charge in [0.2, 0.25) is 5.91 Å². The van der Waals surface area contributed by atoms with Gasteiger partial charge in [-0.25, -0.2) is 0 Å². The van der Waals surface area contributed by atoms with Crippen LogP contribution in [0.3, 0.4) is 0 Å². The first-order valence-corrected chi connectivity index (χ1v) is 9.57. The van der Waals surface area contributed by atoms with Crippen LogP contribution in [0.2, 0.25) is 0 Å². The Morgan fingerprint density at radius 1 is 1.15 bits per heavy atom. The maximum absolute atomic E-state index is 12.6. The largest absolute Gasteiger partial charge is 0.381 e. The predicted molar refractivity (Wildman–Crippen MR) is 97.8 cm³/mol. The number of ether oxygens (including phenoxy) is 2. The Morgan fingerprint density at radius 3 is 2.92 bits per heavy atom. The van der Waals surface area contributed by atoms with Crippen molar-refractivity contribution in [2.75, 3.05) is 32.9 Å². The number of hydrogen-bond donors (Lipinski definition) is 1. The first-order chi connectivity index (χ1) is 12.8. The molecule has 0 bridgehead atoms. The van der Waals surface area contributed by atoms with Crippen molar-refractivity contribution in [2.24, 2.45) is 0 Å². The summed E-state index contributed by atoms with van der Waals surface area (Å²) < 4.78 is 11.4. The van der Waals surface area contributed by atoms with Crippen molar-refractivity contribution in [2.45, 2.75) is 37.6 Å². The van der Waals surface area contributed by atoms with E-state index < -0.39 is 0 Å². The molecule has 26 heavy (non-hydrogen) atoms. The molecule has 0 spiro atoms. The van der Waals surface area contributed by atoms with Crippen molar-refractivity contribution in [1.29, 1.82) is 0 Å². The Bertz CT molecular complexity index is 798. The Morgan fingerprint density at radius 2 is 2.04 bits per heavy atom. The van der Waals surface area contributed by atoms with E-state index in [9.17, 15) is 4.79 Å². The number of H-pyrrole nitrogens is 1. The van der Waals surface area contributed by atoms with Crippen LogP contribution in [0.15, 0.2) is 30.5 Å². The number of amides is 1. The normalized spacial score (nSPS) is 28.0. The zero-order valence-electron chi connectivity index (χ0n) is 14.9. The Hall–Kier alpha value is -1.89. The number of carbonyl (C=O) groups excluding carboxylic acids is 1. The summed E-state index contributed by atoms with van der Waals surface area (Å²) in [7, 11) is 0. The molecule has 1 aromatic carbocycles. The Balaban J connectivity index is 1.31. The van der Waals surface area contributed by atoms with Crippen LogP contribution in [-0.4, -0.2) is 71.8 Å². The van der Waals surface area contributed by atoms with Crippen LogP contribution < -0.4 is 0 Å². The van der Waals surface area contributed by atoms with Crippen molar-refractivity contribution in [1.82, 2.24) is 14.8 Å². The second-order valence-electron chi connectivity index (χ2n) is 7.65. The zero-order chi connectivity index (χ0) is 17.5. The van der Waals surface area contributed by atoms with Gasteiger partial charge >= 0.3 is 0 Å². The molecule has 1 aromatic heterocycles. The van der Waals surface area contributed by atoms with Crippen molar-refractivity contribution in [3.8, 4) is 0 Å². The maximum atomic E-state index is 12.6. The Labute approximate surface area is 153 Å². The highest BCUT2D eigenvalue weighted by molar-refractivity contribution is 5.80. The predicted octanol–water partition coefficient (Wildman–Crippen LogP) is 1.76. The van der Waals surface area contributed by atoms with Gasteiger partial charge in [-0.1, -0.05) is 12.1 Å². The summed E-state index contributed by atoms with van der Waals surface area (Å²) in [6, 6.07) is 9.16. The van der Waals surface area contributed by atoms with E-state index in [1.54, 1.807) is 0 Å². The molecule has 2 aromatic rings. The Kier molecular flexibility index (Phi) is 4.19. The summed E-state index contributed by atoms with van der Waals surface area (Å²) in [5.41, 5.74) is 2.47. The lowest BCUT2D eigenvalue weighted by atomic mass is 10.0.